The highest BCUT2D eigenvalue weighted by Gasteiger charge is 2.33. The standard InChI is InChI=1S/C10H15N5O3/c1-15-9(11-5-12-15)14-10(18)13-7(4-8(16)17)6-2-3-6/h5-7H,2-4H2,1H3,(H,16,17)(H2,11,12,13,14,18). The molecule has 1 aliphatic rings. The SMILES string of the molecule is Cn1ncnc1NC(=O)NC(CC(=O)O)C1CC1. The maximum absolute atomic E-state index is 11.7. The zero-order valence-corrected chi connectivity index (χ0v) is 9.96. The molecule has 1 heterocycles. The van der Waals surface area contributed by atoms with E-state index in [-0.39, 0.29) is 18.4 Å². The summed E-state index contributed by atoms with van der Waals surface area (Å²) >= 11 is 0. The number of hydrogen-bond donors (Lipinski definition) is 3. The van der Waals surface area contributed by atoms with Crippen LogP contribution in [0.25, 0.3) is 0 Å². The highest BCUT2D eigenvalue weighted by Crippen LogP contribution is 2.34. The largest absolute Gasteiger partial charge is 0.481 e. The lowest BCUT2D eigenvalue weighted by Gasteiger charge is -2.16. The molecule has 1 saturated carbocycles. The van der Waals surface area contributed by atoms with Crippen molar-refractivity contribution in [2.24, 2.45) is 13.0 Å². The van der Waals surface area contributed by atoms with Gasteiger partial charge < -0.3 is 10.4 Å². The second-order valence-electron chi connectivity index (χ2n) is 4.35. The van der Waals surface area contributed by atoms with Crippen LogP contribution in [0.2, 0.25) is 0 Å². The maximum atomic E-state index is 11.7. The molecule has 2 rings (SSSR count). The number of hydrogen-bond acceptors (Lipinski definition) is 4. The third-order valence-corrected chi connectivity index (χ3v) is 2.84. The van der Waals surface area contributed by atoms with Crippen LogP contribution in [0.5, 0.6) is 0 Å². The molecule has 0 aromatic carbocycles. The number of carboxylic acids is 1. The van der Waals surface area contributed by atoms with Crippen LogP contribution in [-0.4, -0.2) is 37.9 Å². The Balaban J connectivity index is 1.89. The molecule has 1 aliphatic carbocycles. The van der Waals surface area contributed by atoms with Gasteiger partial charge in [-0.2, -0.15) is 10.1 Å². The lowest BCUT2D eigenvalue weighted by atomic mass is 10.1. The minimum absolute atomic E-state index is 0.0586. The number of carbonyl (C=O) groups excluding carboxylic acids is 1. The van der Waals surface area contributed by atoms with Gasteiger partial charge in [-0.15, -0.1) is 0 Å². The first-order chi connectivity index (χ1) is 8.56. The normalized spacial score (nSPS) is 16.1. The minimum Gasteiger partial charge on any atom is -0.481 e. The van der Waals surface area contributed by atoms with E-state index >= 15 is 0 Å². The van der Waals surface area contributed by atoms with Crippen LogP contribution in [0.4, 0.5) is 10.7 Å². The molecule has 3 N–H and O–H groups in total. The van der Waals surface area contributed by atoms with E-state index in [0.717, 1.165) is 12.8 Å². The third-order valence-electron chi connectivity index (χ3n) is 2.84. The van der Waals surface area contributed by atoms with Crippen molar-refractivity contribution in [3.05, 3.63) is 6.33 Å². The van der Waals surface area contributed by atoms with E-state index in [4.69, 9.17) is 5.11 Å². The molecule has 18 heavy (non-hydrogen) atoms. The smallest absolute Gasteiger partial charge is 0.321 e. The van der Waals surface area contributed by atoms with Crippen LogP contribution < -0.4 is 10.6 Å². The van der Waals surface area contributed by atoms with Crippen LogP contribution >= 0.6 is 0 Å². The van der Waals surface area contributed by atoms with Gasteiger partial charge in [0.25, 0.3) is 0 Å². The summed E-state index contributed by atoms with van der Waals surface area (Å²) in [4.78, 5) is 26.2. The summed E-state index contributed by atoms with van der Waals surface area (Å²) in [6.07, 6.45) is 3.19. The first-order valence-electron chi connectivity index (χ1n) is 5.69. The first-order valence-corrected chi connectivity index (χ1v) is 5.69. The minimum atomic E-state index is -0.911. The van der Waals surface area contributed by atoms with Crippen molar-refractivity contribution in [1.82, 2.24) is 20.1 Å². The zero-order chi connectivity index (χ0) is 13.1. The van der Waals surface area contributed by atoms with Crippen LogP contribution in [0.1, 0.15) is 19.3 Å². The Morgan fingerprint density at radius 3 is 2.83 bits per heavy atom. The number of carboxylic acid groups (broad SMARTS) is 1. The van der Waals surface area contributed by atoms with Gasteiger partial charge in [-0.05, 0) is 18.8 Å². The first kappa shape index (κ1) is 12.3. The summed E-state index contributed by atoms with van der Waals surface area (Å²) in [5.74, 6) is -0.324. The number of aliphatic carboxylic acids is 1. The molecule has 8 heteroatoms. The number of rotatable bonds is 5. The third kappa shape index (κ3) is 3.19. The van der Waals surface area contributed by atoms with E-state index in [1.165, 1.54) is 11.0 Å². The lowest BCUT2D eigenvalue weighted by molar-refractivity contribution is -0.137. The van der Waals surface area contributed by atoms with Crippen molar-refractivity contribution in [2.75, 3.05) is 5.32 Å². The van der Waals surface area contributed by atoms with Gasteiger partial charge in [0.05, 0.1) is 6.42 Å². The van der Waals surface area contributed by atoms with Crippen molar-refractivity contribution >= 4 is 17.9 Å². The van der Waals surface area contributed by atoms with Gasteiger partial charge in [0, 0.05) is 13.1 Å². The van der Waals surface area contributed by atoms with E-state index in [1.807, 2.05) is 0 Å². The predicted octanol–water partition coefficient (Wildman–Crippen LogP) is 0.190. The number of anilines is 1. The molecule has 2 amide bonds. The Hall–Kier alpha value is -2.12. The van der Waals surface area contributed by atoms with Gasteiger partial charge in [0.2, 0.25) is 5.95 Å². The summed E-state index contributed by atoms with van der Waals surface area (Å²) < 4.78 is 1.42. The fraction of sp³-hybridized carbons (Fsp3) is 0.600. The molecule has 0 bridgehead atoms. The molecule has 1 aromatic heterocycles. The Morgan fingerprint density at radius 1 is 1.61 bits per heavy atom. The van der Waals surface area contributed by atoms with Crippen LogP contribution in [-0.2, 0) is 11.8 Å². The Morgan fingerprint density at radius 2 is 2.33 bits per heavy atom. The molecule has 0 saturated heterocycles. The second kappa shape index (κ2) is 5.03. The average molecular weight is 253 g/mol. The summed E-state index contributed by atoms with van der Waals surface area (Å²) in [6.45, 7) is 0. The van der Waals surface area contributed by atoms with Gasteiger partial charge in [-0.1, -0.05) is 0 Å². The Kier molecular flexibility index (Phi) is 3.45. The lowest BCUT2D eigenvalue weighted by Crippen LogP contribution is -2.41. The topological polar surface area (TPSA) is 109 Å². The van der Waals surface area contributed by atoms with Crippen molar-refractivity contribution < 1.29 is 14.7 Å². The van der Waals surface area contributed by atoms with Crippen molar-refractivity contribution in [2.45, 2.75) is 25.3 Å². The Bertz CT molecular complexity index is 454. The summed E-state index contributed by atoms with van der Waals surface area (Å²) in [7, 11) is 1.65. The van der Waals surface area contributed by atoms with Gasteiger partial charge in [-0.3, -0.25) is 10.1 Å². The van der Waals surface area contributed by atoms with Gasteiger partial charge in [-0.25, -0.2) is 9.48 Å². The molecular formula is C10H15N5O3. The summed E-state index contributed by atoms with van der Waals surface area (Å²) in [5, 5.41) is 17.8. The van der Waals surface area contributed by atoms with Crippen molar-refractivity contribution in [3.63, 3.8) is 0 Å². The number of urea groups is 1. The van der Waals surface area contributed by atoms with Crippen molar-refractivity contribution in [1.29, 1.82) is 0 Å². The van der Waals surface area contributed by atoms with Crippen LogP contribution in [0, 0.1) is 5.92 Å². The number of aromatic nitrogens is 3. The number of nitrogens with one attached hydrogen (secondary N) is 2. The molecule has 98 valence electrons. The van der Waals surface area contributed by atoms with E-state index in [1.54, 1.807) is 7.05 Å². The van der Waals surface area contributed by atoms with E-state index < -0.39 is 12.0 Å². The molecule has 1 unspecified atom stereocenters. The molecule has 0 radical (unpaired) electrons. The molecular weight excluding hydrogens is 238 g/mol. The highest BCUT2D eigenvalue weighted by atomic mass is 16.4. The van der Waals surface area contributed by atoms with E-state index in [0.29, 0.717) is 5.95 Å². The predicted molar refractivity (Wildman–Crippen MR) is 61.9 cm³/mol. The summed E-state index contributed by atoms with van der Waals surface area (Å²) in [5.41, 5.74) is 0. The molecule has 1 fully saturated rings. The highest BCUT2D eigenvalue weighted by molar-refractivity contribution is 5.88. The number of aryl methyl sites for hydroxylation is 1. The van der Waals surface area contributed by atoms with Gasteiger partial charge >= 0.3 is 12.0 Å². The number of carbonyl (C=O) groups is 2. The van der Waals surface area contributed by atoms with Gasteiger partial charge in [0.15, 0.2) is 0 Å². The number of nitrogens with zero attached hydrogens (tertiary/aromatic N) is 3. The van der Waals surface area contributed by atoms with Gasteiger partial charge in [0.1, 0.15) is 6.33 Å². The summed E-state index contributed by atoms with van der Waals surface area (Å²) in [6, 6.07) is -0.778. The molecule has 1 aromatic rings. The molecule has 8 nitrogen and oxygen atoms in total. The monoisotopic (exact) mass is 253 g/mol. The molecule has 1 atom stereocenters. The zero-order valence-electron chi connectivity index (χ0n) is 9.96. The number of amides is 2. The fourth-order valence-electron chi connectivity index (χ4n) is 1.74. The quantitative estimate of drug-likeness (QED) is 0.694. The fourth-order valence-corrected chi connectivity index (χ4v) is 1.74. The van der Waals surface area contributed by atoms with Crippen LogP contribution in [0.3, 0.4) is 0 Å². The van der Waals surface area contributed by atoms with E-state index in [2.05, 4.69) is 20.7 Å². The molecule has 0 aliphatic heterocycles. The molecule has 0 spiro atoms. The second-order valence-corrected chi connectivity index (χ2v) is 4.35. The average Bonchev–Trinajstić information content (AvgIpc) is 3.04. The Labute approximate surface area is 103 Å². The van der Waals surface area contributed by atoms with Crippen LogP contribution in [0.15, 0.2) is 6.33 Å². The van der Waals surface area contributed by atoms with E-state index in [9.17, 15) is 9.59 Å². The maximum Gasteiger partial charge on any atom is 0.321 e. The van der Waals surface area contributed by atoms with Crippen molar-refractivity contribution in [3.8, 4) is 0 Å².